The normalized spacial score (nSPS) is 11.1. The van der Waals surface area contributed by atoms with Crippen LogP contribution < -0.4 is 15.8 Å². The topological polar surface area (TPSA) is 64.3 Å². The van der Waals surface area contributed by atoms with E-state index in [0.29, 0.717) is 6.54 Å². The largest absolute Gasteiger partial charge is 0.457 e. The molecule has 2 aromatic carbocycles. The first-order valence-electron chi connectivity index (χ1n) is 7.26. The van der Waals surface area contributed by atoms with E-state index in [1.165, 1.54) is 0 Å². The van der Waals surface area contributed by atoms with Gasteiger partial charge in [-0.2, -0.15) is 0 Å². The summed E-state index contributed by atoms with van der Waals surface area (Å²) in [6.45, 7) is 5.73. The van der Waals surface area contributed by atoms with Gasteiger partial charge in [-0.1, -0.05) is 36.4 Å². The highest BCUT2D eigenvalue weighted by Gasteiger charge is 2.21. The van der Waals surface area contributed by atoms with Crippen LogP contribution in [0.5, 0.6) is 11.5 Å². The first-order chi connectivity index (χ1) is 10.4. The zero-order chi connectivity index (χ0) is 16.2. The van der Waals surface area contributed by atoms with Crippen LogP contribution in [-0.4, -0.2) is 11.4 Å². The monoisotopic (exact) mass is 298 g/mol. The number of para-hydroxylation sites is 2. The first kappa shape index (κ1) is 16.0. The molecule has 0 radical (unpaired) electrons. The van der Waals surface area contributed by atoms with E-state index in [9.17, 15) is 4.79 Å². The molecule has 0 atom stereocenters. The minimum atomic E-state index is -0.897. The first-order valence-corrected chi connectivity index (χ1v) is 7.26. The number of ether oxygens (including phenoxy) is 1. The van der Waals surface area contributed by atoms with Gasteiger partial charge in [0, 0.05) is 12.1 Å². The third-order valence-electron chi connectivity index (χ3n) is 3.31. The molecule has 0 saturated heterocycles. The quantitative estimate of drug-likeness (QED) is 0.891. The van der Waals surface area contributed by atoms with Gasteiger partial charge in [0.2, 0.25) is 5.91 Å². The highest BCUT2D eigenvalue weighted by Crippen LogP contribution is 2.27. The van der Waals surface area contributed by atoms with Crippen LogP contribution in [0.15, 0.2) is 48.5 Å². The zero-order valence-corrected chi connectivity index (χ0v) is 13.2. The van der Waals surface area contributed by atoms with Crippen molar-refractivity contribution < 1.29 is 9.53 Å². The van der Waals surface area contributed by atoms with E-state index in [-0.39, 0.29) is 5.91 Å². The molecule has 0 aromatic heterocycles. The number of nitrogens with two attached hydrogens (primary N) is 1. The van der Waals surface area contributed by atoms with Crippen molar-refractivity contribution >= 4 is 5.91 Å². The molecule has 116 valence electrons. The van der Waals surface area contributed by atoms with Crippen molar-refractivity contribution in [3.8, 4) is 11.5 Å². The summed E-state index contributed by atoms with van der Waals surface area (Å²) in [7, 11) is 0. The maximum atomic E-state index is 11.9. The lowest BCUT2D eigenvalue weighted by molar-refractivity contribution is -0.125. The Balaban J connectivity index is 2.14. The third-order valence-corrected chi connectivity index (χ3v) is 3.31. The molecule has 0 aliphatic carbocycles. The molecule has 0 aliphatic rings. The average Bonchev–Trinajstić information content (AvgIpc) is 2.47. The van der Waals surface area contributed by atoms with E-state index >= 15 is 0 Å². The summed E-state index contributed by atoms with van der Waals surface area (Å²) < 4.78 is 5.98. The Kier molecular flexibility index (Phi) is 4.83. The second-order valence-electron chi connectivity index (χ2n) is 5.88. The number of amides is 1. The molecule has 0 spiro atoms. The van der Waals surface area contributed by atoms with Crippen LogP contribution in [-0.2, 0) is 11.3 Å². The molecule has 4 nitrogen and oxygen atoms in total. The molecule has 1 amide bonds. The Hall–Kier alpha value is -2.33. The molecule has 0 aliphatic heterocycles. The second-order valence-corrected chi connectivity index (χ2v) is 5.88. The van der Waals surface area contributed by atoms with E-state index in [0.717, 1.165) is 22.6 Å². The van der Waals surface area contributed by atoms with Crippen LogP contribution in [0.25, 0.3) is 0 Å². The van der Waals surface area contributed by atoms with E-state index in [1.807, 2.05) is 55.5 Å². The Morgan fingerprint density at radius 1 is 1.09 bits per heavy atom. The lowest BCUT2D eigenvalue weighted by atomic mass is 10.1. The maximum Gasteiger partial charge on any atom is 0.239 e. The van der Waals surface area contributed by atoms with Gasteiger partial charge in [0.05, 0.1) is 5.54 Å². The Morgan fingerprint density at radius 2 is 1.68 bits per heavy atom. The minimum absolute atomic E-state index is 0.196. The van der Waals surface area contributed by atoms with Gasteiger partial charge in [-0.25, -0.2) is 0 Å². The van der Waals surface area contributed by atoms with Crippen molar-refractivity contribution in [2.24, 2.45) is 5.73 Å². The zero-order valence-electron chi connectivity index (χ0n) is 13.2. The Labute approximate surface area is 131 Å². The summed E-state index contributed by atoms with van der Waals surface area (Å²) in [4.78, 5) is 11.9. The predicted molar refractivity (Wildman–Crippen MR) is 87.8 cm³/mol. The molecule has 0 bridgehead atoms. The van der Waals surface area contributed by atoms with E-state index in [4.69, 9.17) is 10.5 Å². The lowest BCUT2D eigenvalue weighted by Crippen LogP contribution is -2.48. The number of aryl methyl sites for hydroxylation is 1. The average molecular weight is 298 g/mol. The number of hydrogen-bond donors (Lipinski definition) is 2. The number of carbonyl (C=O) groups is 1. The summed E-state index contributed by atoms with van der Waals surface area (Å²) in [6.07, 6.45) is 0. The van der Waals surface area contributed by atoms with Gasteiger partial charge >= 0.3 is 0 Å². The fraction of sp³-hybridized carbons (Fsp3) is 0.278. The van der Waals surface area contributed by atoms with Crippen LogP contribution in [0.1, 0.15) is 25.0 Å². The van der Waals surface area contributed by atoms with Crippen LogP contribution in [0.4, 0.5) is 0 Å². The molecule has 0 saturated carbocycles. The number of carbonyl (C=O) groups excluding carboxylic acids is 1. The summed E-state index contributed by atoms with van der Waals surface area (Å²) in [5.41, 5.74) is 6.85. The van der Waals surface area contributed by atoms with Crippen molar-refractivity contribution in [3.05, 3.63) is 59.7 Å². The van der Waals surface area contributed by atoms with Crippen LogP contribution in [0.2, 0.25) is 0 Å². The van der Waals surface area contributed by atoms with Gasteiger partial charge in [-0.15, -0.1) is 0 Å². The van der Waals surface area contributed by atoms with Gasteiger partial charge in [-0.05, 0) is 38.5 Å². The van der Waals surface area contributed by atoms with Gasteiger partial charge < -0.3 is 15.8 Å². The summed E-state index contributed by atoms with van der Waals surface area (Å²) in [5, 5.41) is 2.84. The van der Waals surface area contributed by atoms with Gasteiger partial charge in [0.1, 0.15) is 11.5 Å². The summed E-state index contributed by atoms with van der Waals surface area (Å²) in [5.74, 6) is 1.34. The van der Waals surface area contributed by atoms with E-state index < -0.39 is 5.54 Å². The standard InChI is InChI=1S/C18H22N2O2/c1-13-8-4-6-10-15(13)22-16-11-7-5-9-14(16)12-20-17(21)18(2,3)19/h4-11H,12,19H2,1-3H3,(H,20,21). The second kappa shape index (κ2) is 6.62. The number of benzene rings is 2. The molecular weight excluding hydrogens is 276 g/mol. The number of rotatable bonds is 5. The molecule has 4 heteroatoms. The number of nitrogens with one attached hydrogen (secondary N) is 1. The minimum Gasteiger partial charge on any atom is -0.457 e. The summed E-state index contributed by atoms with van der Waals surface area (Å²) >= 11 is 0. The van der Waals surface area contributed by atoms with Crippen molar-refractivity contribution in [3.63, 3.8) is 0 Å². The van der Waals surface area contributed by atoms with Crippen LogP contribution >= 0.6 is 0 Å². The van der Waals surface area contributed by atoms with Crippen molar-refractivity contribution in [1.82, 2.24) is 5.32 Å². The van der Waals surface area contributed by atoms with Gasteiger partial charge in [0.15, 0.2) is 0 Å². The number of hydrogen-bond acceptors (Lipinski definition) is 3. The molecule has 2 rings (SSSR count). The highest BCUT2D eigenvalue weighted by atomic mass is 16.5. The SMILES string of the molecule is Cc1ccccc1Oc1ccccc1CNC(=O)C(C)(C)N. The maximum absolute atomic E-state index is 11.9. The molecule has 2 aromatic rings. The molecule has 0 heterocycles. The third kappa shape index (κ3) is 4.09. The predicted octanol–water partition coefficient (Wildman–Crippen LogP) is 3.14. The van der Waals surface area contributed by atoms with Crippen molar-refractivity contribution in [1.29, 1.82) is 0 Å². The Bertz CT molecular complexity index is 660. The van der Waals surface area contributed by atoms with Crippen LogP contribution in [0.3, 0.4) is 0 Å². The smallest absolute Gasteiger partial charge is 0.239 e. The van der Waals surface area contributed by atoms with Crippen LogP contribution in [0, 0.1) is 6.92 Å². The molecule has 3 N–H and O–H groups in total. The fourth-order valence-corrected chi connectivity index (χ4v) is 1.94. The van der Waals surface area contributed by atoms with Gasteiger partial charge in [-0.3, -0.25) is 4.79 Å². The van der Waals surface area contributed by atoms with Crippen molar-refractivity contribution in [2.75, 3.05) is 0 Å². The van der Waals surface area contributed by atoms with E-state index in [2.05, 4.69) is 5.32 Å². The van der Waals surface area contributed by atoms with Gasteiger partial charge in [0.25, 0.3) is 0 Å². The van der Waals surface area contributed by atoms with Crippen molar-refractivity contribution in [2.45, 2.75) is 32.9 Å². The lowest BCUT2D eigenvalue weighted by Gasteiger charge is -2.19. The molecule has 22 heavy (non-hydrogen) atoms. The molecule has 0 fully saturated rings. The molecule has 0 unspecified atom stereocenters. The Morgan fingerprint density at radius 3 is 2.32 bits per heavy atom. The highest BCUT2D eigenvalue weighted by molar-refractivity contribution is 5.85. The summed E-state index contributed by atoms with van der Waals surface area (Å²) in [6, 6.07) is 15.5. The van der Waals surface area contributed by atoms with E-state index in [1.54, 1.807) is 13.8 Å². The fourth-order valence-electron chi connectivity index (χ4n) is 1.94. The molecular formula is C18H22N2O2.